The molecule has 6 nitrogen and oxygen atoms in total. The van der Waals surface area contributed by atoms with Gasteiger partial charge < -0.3 is 4.90 Å². The number of benzene rings is 1. The summed E-state index contributed by atoms with van der Waals surface area (Å²) in [5, 5.41) is 14.0. The Bertz CT molecular complexity index is 950. The van der Waals surface area contributed by atoms with Gasteiger partial charge in [-0.15, -0.1) is 0 Å². The topological polar surface area (TPSA) is 74.8 Å². The molecule has 0 fully saturated rings. The third kappa shape index (κ3) is 2.84. The number of aromatic nitrogens is 3. The van der Waals surface area contributed by atoms with Crippen molar-refractivity contribution in [3.8, 4) is 6.07 Å². The summed E-state index contributed by atoms with van der Waals surface area (Å²) in [4.78, 5) is 18.6. The average Bonchev–Trinajstić information content (AvgIpc) is 2.88. The number of pyridine rings is 1. The Hall–Kier alpha value is -3.20. The minimum atomic E-state index is -0.1000. The van der Waals surface area contributed by atoms with Gasteiger partial charge >= 0.3 is 0 Å². The quantitative estimate of drug-likeness (QED) is 0.743. The number of aryl methyl sites for hydroxylation is 2. The van der Waals surface area contributed by atoms with Crippen molar-refractivity contribution in [2.75, 3.05) is 7.05 Å². The van der Waals surface area contributed by atoms with Crippen LogP contribution in [0.15, 0.2) is 36.5 Å². The van der Waals surface area contributed by atoms with E-state index >= 15 is 0 Å². The number of nitrogens with zero attached hydrogens (tertiary/aromatic N) is 5. The van der Waals surface area contributed by atoms with Crippen molar-refractivity contribution in [1.82, 2.24) is 19.7 Å². The van der Waals surface area contributed by atoms with Gasteiger partial charge in [0.2, 0.25) is 0 Å². The van der Waals surface area contributed by atoms with Gasteiger partial charge in [-0.3, -0.25) is 9.48 Å². The Labute approximate surface area is 140 Å². The van der Waals surface area contributed by atoms with Crippen molar-refractivity contribution in [2.24, 2.45) is 7.05 Å². The summed E-state index contributed by atoms with van der Waals surface area (Å²) in [6.45, 7) is 2.37. The van der Waals surface area contributed by atoms with Gasteiger partial charge in [0.25, 0.3) is 5.91 Å². The molecule has 2 heterocycles. The molecule has 2 aromatic heterocycles. The Kier molecular flexibility index (Phi) is 4.00. The first-order valence-electron chi connectivity index (χ1n) is 7.53. The molecular weight excluding hydrogens is 302 g/mol. The zero-order valence-corrected chi connectivity index (χ0v) is 13.8. The number of fused-ring (bicyclic) bond motifs is 1. The van der Waals surface area contributed by atoms with Crippen LogP contribution < -0.4 is 0 Å². The van der Waals surface area contributed by atoms with Crippen LogP contribution in [0, 0.1) is 18.3 Å². The van der Waals surface area contributed by atoms with Crippen LogP contribution in [-0.2, 0) is 13.6 Å². The van der Waals surface area contributed by atoms with Crippen LogP contribution >= 0.6 is 0 Å². The molecule has 0 atom stereocenters. The molecule has 0 aliphatic heterocycles. The van der Waals surface area contributed by atoms with E-state index < -0.39 is 0 Å². The van der Waals surface area contributed by atoms with Crippen LogP contribution in [0.4, 0.5) is 0 Å². The summed E-state index contributed by atoms with van der Waals surface area (Å²) in [6.07, 6.45) is 1.58. The fourth-order valence-electron chi connectivity index (χ4n) is 2.68. The number of rotatable bonds is 3. The van der Waals surface area contributed by atoms with Crippen LogP contribution in [0.1, 0.15) is 27.2 Å². The zero-order chi connectivity index (χ0) is 17.3. The van der Waals surface area contributed by atoms with Crippen molar-refractivity contribution in [3.05, 3.63) is 58.9 Å². The minimum absolute atomic E-state index is 0.1000. The molecule has 6 heteroatoms. The van der Waals surface area contributed by atoms with E-state index in [1.54, 1.807) is 35.0 Å². The molecular formula is C18H17N5O. The van der Waals surface area contributed by atoms with Gasteiger partial charge in [-0.1, -0.05) is 12.1 Å². The van der Waals surface area contributed by atoms with Crippen molar-refractivity contribution in [1.29, 1.82) is 5.26 Å². The molecule has 3 rings (SSSR count). The molecule has 0 N–H and O–H groups in total. The molecule has 0 saturated heterocycles. The predicted octanol–water partition coefficient (Wildman–Crippen LogP) is 2.42. The van der Waals surface area contributed by atoms with Gasteiger partial charge in [-0.25, -0.2) is 4.98 Å². The lowest BCUT2D eigenvalue weighted by Gasteiger charge is -2.17. The summed E-state index contributed by atoms with van der Waals surface area (Å²) >= 11 is 0. The highest BCUT2D eigenvalue weighted by Crippen LogP contribution is 2.18. The molecule has 0 saturated carbocycles. The molecule has 120 valence electrons. The van der Waals surface area contributed by atoms with Crippen LogP contribution in [0.25, 0.3) is 11.0 Å². The lowest BCUT2D eigenvalue weighted by Crippen LogP contribution is -2.26. The fourth-order valence-corrected chi connectivity index (χ4v) is 2.68. The van der Waals surface area contributed by atoms with Gasteiger partial charge in [0.15, 0.2) is 5.65 Å². The van der Waals surface area contributed by atoms with Crippen molar-refractivity contribution >= 4 is 16.9 Å². The van der Waals surface area contributed by atoms with Gasteiger partial charge in [0, 0.05) is 32.2 Å². The standard InChI is InChI=1S/C18H17N5O/c1-12-16-8-15(10-20-17(16)23(3)21-12)18(24)22(2)11-14-6-4-13(9-19)5-7-14/h4-8,10H,11H2,1-3H3. The maximum atomic E-state index is 12.6. The first kappa shape index (κ1) is 15.7. The van der Waals surface area contributed by atoms with E-state index in [2.05, 4.69) is 16.2 Å². The summed E-state index contributed by atoms with van der Waals surface area (Å²) in [5.74, 6) is -0.1000. The monoisotopic (exact) mass is 319 g/mol. The second kappa shape index (κ2) is 6.13. The molecule has 24 heavy (non-hydrogen) atoms. The van der Waals surface area contributed by atoms with E-state index in [9.17, 15) is 4.79 Å². The summed E-state index contributed by atoms with van der Waals surface area (Å²) in [6, 6.07) is 11.1. The maximum Gasteiger partial charge on any atom is 0.255 e. The van der Waals surface area contributed by atoms with E-state index in [4.69, 9.17) is 5.26 Å². The van der Waals surface area contributed by atoms with Gasteiger partial charge in [0.05, 0.1) is 22.9 Å². The Morgan fingerprint density at radius 2 is 2.04 bits per heavy atom. The van der Waals surface area contributed by atoms with E-state index in [1.807, 2.05) is 32.2 Å². The lowest BCUT2D eigenvalue weighted by molar-refractivity contribution is 0.0785. The Morgan fingerprint density at radius 1 is 1.33 bits per heavy atom. The minimum Gasteiger partial charge on any atom is -0.337 e. The van der Waals surface area contributed by atoms with E-state index in [-0.39, 0.29) is 5.91 Å². The number of amides is 1. The second-order valence-corrected chi connectivity index (χ2v) is 5.77. The van der Waals surface area contributed by atoms with Gasteiger partial charge in [0.1, 0.15) is 0 Å². The maximum absolute atomic E-state index is 12.6. The number of carbonyl (C=O) groups excluding carboxylic acids is 1. The highest BCUT2D eigenvalue weighted by molar-refractivity contribution is 5.97. The third-order valence-corrected chi connectivity index (χ3v) is 3.96. The smallest absolute Gasteiger partial charge is 0.255 e. The molecule has 0 unspecified atom stereocenters. The first-order chi connectivity index (χ1) is 11.5. The normalized spacial score (nSPS) is 10.6. The van der Waals surface area contributed by atoms with Gasteiger partial charge in [-0.2, -0.15) is 10.4 Å². The lowest BCUT2D eigenvalue weighted by atomic mass is 10.1. The number of hydrogen-bond donors (Lipinski definition) is 0. The second-order valence-electron chi connectivity index (χ2n) is 5.77. The Balaban J connectivity index is 1.82. The van der Waals surface area contributed by atoms with Crippen LogP contribution in [0.2, 0.25) is 0 Å². The van der Waals surface area contributed by atoms with E-state index in [0.717, 1.165) is 22.3 Å². The van der Waals surface area contributed by atoms with Crippen molar-refractivity contribution in [2.45, 2.75) is 13.5 Å². The number of hydrogen-bond acceptors (Lipinski definition) is 4. The number of nitriles is 1. The van der Waals surface area contributed by atoms with Crippen LogP contribution in [0.5, 0.6) is 0 Å². The molecule has 3 aromatic rings. The highest BCUT2D eigenvalue weighted by atomic mass is 16.2. The molecule has 0 aliphatic carbocycles. The van der Waals surface area contributed by atoms with Crippen LogP contribution in [0.3, 0.4) is 0 Å². The fraction of sp³-hybridized carbons (Fsp3) is 0.222. The Morgan fingerprint density at radius 3 is 2.71 bits per heavy atom. The molecule has 1 aromatic carbocycles. The van der Waals surface area contributed by atoms with E-state index in [0.29, 0.717) is 17.7 Å². The van der Waals surface area contributed by atoms with E-state index in [1.165, 1.54) is 0 Å². The number of carbonyl (C=O) groups is 1. The van der Waals surface area contributed by atoms with Crippen LogP contribution in [-0.4, -0.2) is 32.6 Å². The summed E-state index contributed by atoms with van der Waals surface area (Å²) < 4.78 is 1.71. The predicted molar refractivity (Wildman–Crippen MR) is 90.2 cm³/mol. The molecule has 0 aliphatic rings. The molecule has 0 bridgehead atoms. The molecule has 0 radical (unpaired) electrons. The third-order valence-electron chi connectivity index (χ3n) is 3.96. The van der Waals surface area contributed by atoms with Crippen molar-refractivity contribution in [3.63, 3.8) is 0 Å². The first-order valence-corrected chi connectivity index (χ1v) is 7.53. The molecule has 1 amide bonds. The highest BCUT2D eigenvalue weighted by Gasteiger charge is 2.15. The SMILES string of the molecule is Cc1nn(C)c2ncc(C(=O)N(C)Cc3ccc(C#N)cc3)cc12. The molecule has 0 spiro atoms. The van der Waals surface area contributed by atoms with Gasteiger partial charge in [-0.05, 0) is 30.7 Å². The largest absolute Gasteiger partial charge is 0.337 e. The van der Waals surface area contributed by atoms with Crippen molar-refractivity contribution < 1.29 is 4.79 Å². The summed E-state index contributed by atoms with van der Waals surface area (Å²) in [7, 11) is 3.59. The summed E-state index contributed by atoms with van der Waals surface area (Å²) in [5.41, 5.74) is 3.73. The zero-order valence-electron chi connectivity index (χ0n) is 13.8. The average molecular weight is 319 g/mol.